The molecule has 13 heavy (non-hydrogen) atoms. The van der Waals surface area contributed by atoms with Gasteiger partial charge in [-0.2, -0.15) is 0 Å². The third-order valence-corrected chi connectivity index (χ3v) is 7.12. The molecule has 0 aromatic heterocycles. The van der Waals surface area contributed by atoms with E-state index >= 15 is 0 Å². The van der Waals surface area contributed by atoms with E-state index in [1.165, 1.54) is 12.2 Å². The van der Waals surface area contributed by atoms with E-state index in [2.05, 4.69) is 38.8 Å². The SMILES string of the molecule is C[Si](C)(C)OC1=CCC2=C1[Si]2(C)C. The normalized spacial score (nSPS) is 24.2. The molecule has 1 nitrogen and oxygen atoms in total. The van der Waals surface area contributed by atoms with Gasteiger partial charge in [-0.15, -0.1) is 0 Å². The molecule has 0 amide bonds. The van der Waals surface area contributed by atoms with Gasteiger partial charge in [0.2, 0.25) is 8.32 Å². The standard InChI is InChI=1S/C10H18OSi2/c1-12(2,3)11-8-6-7-9-10(8)13(9,4)5/h6H,7H2,1-5H3. The van der Waals surface area contributed by atoms with Crippen LogP contribution in [0.15, 0.2) is 22.2 Å². The zero-order chi connectivity index (χ0) is 9.85. The lowest BCUT2D eigenvalue weighted by Crippen LogP contribution is -2.26. The minimum absolute atomic E-state index is 1.01. The highest BCUT2D eigenvalue weighted by molar-refractivity contribution is 7.02. The summed E-state index contributed by atoms with van der Waals surface area (Å²) in [7, 11) is -2.39. The highest BCUT2D eigenvalue weighted by atomic mass is 28.4. The van der Waals surface area contributed by atoms with Crippen LogP contribution in [0.1, 0.15) is 6.42 Å². The maximum absolute atomic E-state index is 6.07. The first-order valence-corrected chi connectivity index (χ1v) is 11.4. The fourth-order valence-electron chi connectivity index (χ4n) is 2.08. The van der Waals surface area contributed by atoms with Crippen LogP contribution in [0.25, 0.3) is 0 Å². The molecule has 0 spiro atoms. The molecule has 0 bridgehead atoms. The van der Waals surface area contributed by atoms with Gasteiger partial charge < -0.3 is 4.43 Å². The second-order valence-corrected chi connectivity index (χ2v) is 14.2. The van der Waals surface area contributed by atoms with Crippen molar-refractivity contribution in [2.75, 3.05) is 0 Å². The zero-order valence-corrected chi connectivity index (χ0v) is 11.2. The highest BCUT2D eigenvalue weighted by Crippen LogP contribution is 2.53. The third kappa shape index (κ3) is 1.44. The quantitative estimate of drug-likeness (QED) is 0.636. The van der Waals surface area contributed by atoms with Gasteiger partial charge in [-0.05, 0) is 37.3 Å². The number of rotatable bonds is 2. The van der Waals surface area contributed by atoms with Gasteiger partial charge in [0.25, 0.3) is 0 Å². The molecule has 2 aliphatic rings. The summed E-state index contributed by atoms with van der Waals surface area (Å²) in [5.41, 5.74) is 0. The van der Waals surface area contributed by atoms with Crippen molar-refractivity contribution in [2.24, 2.45) is 0 Å². The Bertz CT molecular complexity index is 318. The van der Waals surface area contributed by atoms with Gasteiger partial charge in [-0.1, -0.05) is 18.3 Å². The molecule has 0 saturated heterocycles. The number of hydrogen-bond acceptors (Lipinski definition) is 1. The van der Waals surface area contributed by atoms with Gasteiger partial charge >= 0.3 is 0 Å². The molecule has 1 heterocycles. The van der Waals surface area contributed by atoms with Crippen molar-refractivity contribution < 1.29 is 4.43 Å². The molecule has 1 aliphatic carbocycles. The molecule has 1 aliphatic heterocycles. The Morgan fingerprint density at radius 3 is 2.31 bits per heavy atom. The maximum Gasteiger partial charge on any atom is 0.242 e. The largest absolute Gasteiger partial charge is 0.545 e. The lowest BCUT2D eigenvalue weighted by Gasteiger charge is -2.22. The average molecular weight is 210 g/mol. The van der Waals surface area contributed by atoms with Crippen molar-refractivity contribution in [2.45, 2.75) is 39.2 Å². The summed E-state index contributed by atoms with van der Waals surface area (Å²) in [4.78, 5) is 0. The van der Waals surface area contributed by atoms with Crippen molar-refractivity contribution in [3.63, 3.8) is 0 Å². The van der Waals surface area contributed by atoms with Gasteiger partial charge in [0, 0.05) is 0 Å². The van der Waals surface area contributed by atoms with Crippen LogP contribution in [-0.2, 0) is 4.43 Å². The van der Waals surface area contributed by atoms with Crippen LogP contribution in [0.2, 0.25) is 32.7 Å². The van der Waals surface area contributed by atoms with E-state index in [1.54, 1.807) is 10.4 Å². The van der Waals surface area contributed by atoms with Gasteiger partial charge in [0.1, 0.15) is 8.07 Å². The van der Waals surface area contributed by atoms with Gasteiger partial charge in [0.05, 0.1) is 5.76 Å². The first kappa shape index (κ1) is 9.28. The maximum atomic E-state index is 6.07. The Morgan fingerprint density at radius 2 is 1.92 bits per heavy atom. The summed E-state index contributed by atoms with van der Waals surface area (Å²) in [6.45, 7) is 11.6. The molecule has 0 N–H and O–H groups in total. The Balaban J connectivity index is 2.09. The zero-order valence-electron chi connectivity index (χ0n) is 9.19. The molecular weight excluding hydrogens is 192 g/mol. The van der Waals surface area contributed by atoms with Crippen molar-refractivity contribution in [3.8, 4) is 0 Å². The van der Waals surface area contributed by atoms with Gasteiger partial charge in [-0.3, -0.25) is 0 Å². The lowest BCUT2D eigenvalue weighted by molar-refractivity contribution is 0.440. The van der Waals surface area contributed by atoms with Crippen molar-refractivity contribution in [3.05, 3.63) is 22.2 Å². The van der Waals surface area contributed by atoms with Gasteiger partial charge in [0.15, 0.2) is 0 Å². The lowest BCUT2D eigenvalue weighted by atomic mass is 10.5. The third-order valence-electron chi connectivity index (χ3n) is 2.77. The fourth-order valence-corrected chi connectivity index (χ4v) is 6.48. The minimum Gasteiger partial charge on any atom is -0.545 e. The molecule has 0 radical (unpaired) electrons. The summed E-state index contributed by atoms with van der Waals surface area (Å²) in [5, 5.41) is 3.37. The minimum atomic E-state index is -1.38. The summed E-state index contributed by atoms with van der Waals surface area (Å²) in [6, 6.07) is 0. The van der Waals surface area contributed by atoms with E-state index in [9.17, 15) is 0 Å². The molecule has 0 saturated carbocycles. The molecule has 3 heteroatoms. The Labute approximate surface area is 82.6 Å². The van der Waals surface area contributed by atoms with E-state index < -0.39 is 16.4 Å². The molecule has 0 aromatic rings. The van der Waals surface area contributed by atoms with E-state index in [-0.39, 0.29) is 0 Å². The van der Waals surface area contributed by atoms with E-state index in [1.807, 2.05) is 0 Å². The molecule has 0 atom stereocenters. The summed E-state index contributed by atoms with van der Waals surface area (Å²) >= 11 is 0. The van der Waals surface area contributed by atoms with E-state index in [4.69, 9.17) is 4.43 Å². The Morgan fingerprint density at radius 1 is 1.31 bits per heavy atom. The number of allylic oxidation sites excluding steroid dienone is 3. The van der Waals surface area contributed by atoms with Crippen LogP contribution in [-0.4, -0.2) is 16.4 Å². The fraction of sp³-hybridized carbons (Fsp3) is 0.600. The molecular formula is C10H18OSi2. The van der Waals surface area contributed by atoms with Crippen LogP contribution in [0.3, 0.4) is 0 Å². The van der Waals surface area contributed by atoms with Gasteiger partial charge in [-0.25, -0.2) is 0 Å². The van der Waals surface area contributed by atoms with E-state index in [0.717, 1.165) is 0 Å². The summed E-state index contributed by atoms with van der Waals surface area (Å²) in [5.74, 6) is 1.26. The Kier molecular flexibility index (Phi) is 1.71. The number of hydrogen-bond donors (Lipinski definition) is 0. The van der Waals surface area contributed by atoms with Crippen LogP contribution >= 0.6 is 0 Å². The second-order valence-electron chi connectivity index (χ2n) is 5.47. The summed E-state index contributed by atoms with van der Waals surface area (Å²) < 4.78 is 6.07. The second kappa shape index (κ2) is 2.39. The van der Waals surface area contributed by atoms with Crippen LogP contribution in [0.5, 0.6) is 0 Å². The van der Waals surface area contributed by atoms with Crippen LogP contribution in [0.4, 0.5) is 0 Å². The predicted octanol–water partition coefficient (Wildman–Crippen LogP) is 3.22. The molecule has 0 unspecified atom stereocenters. The highest BCUT2D eigenvalue weighted by Gasteiger charge is 2.51. The monoisotopic (exact) mass is 210 g/mol. The molecule has 0 aromatic carbocycles. The smallest absolute Gasteiger partial charge is 0.242 e. The first-order valence-electron chi connectivity index (χ1n) is 4.96. The molecule has 2 rings (SSSR count). The van der Waals surface area contributed by atoms with Crippen LogP contribution in [0, 0.1) is 0 Å². The molecule has 72 valence electrons. The van der Waals surface area contributed by atoms with Crippen molar-refractivity contribution in [1.29, 1.82) is 0 Å². The first-order chi connectivity index (χ1) is 5.82. The van der Waals surface area contributed by atoms with Crippen molar-refractivity contribution >= 4 is 16.4 Å². The average Bonchev–Trinajstić information content (AvgIpc) is 2.35. The summed E-state index contributed by atoms with van der Waals surface area (Å²) in [6.07, 6.45) is 3.47. The topological polar surface area (TPSA) is 9.23 Å². The molecule has 0 fully saturated rings. The van der Waals surface area contributed by atoms with Crippen molar-refractivity contribution in [1.82, 2.24) is 0 Å². The Hall–Kier alpha value is -0.286. The predicted molar refractivity (Wildman–Crippen MR) is 61.6 cm³/mol. The van der Waals surface area contributed by atoms with E-state index in [0.29, 0.717) is 0 Å². The van der Waals surface area contributed by atoms with Crippen LogP contribution < -0.4 is 0 Å².